The van der Waals surface area contributed by atoms with E-state index in [-0.39, 0.29) is 0 Å². The quantitative estimate of drug-likeness (QED) is 0.579. The van der Waals surface area contributed by atoms with E-state index in [1.165, 1.54) is 41.5 Å². The number of unbranched alkanes of at least 4 members (excludes halogenated alkanes) is 1. The second-order valence-corrected chi connectivity index (χ2v) is 4.79. The van der Waals surface area contributed by atoms with Crippen LogP contribution in [-0.4, -0.2) is 0 Å². The van der Waals surface area contributed by atoms with Gasteiger partial charge in [0.15, 0.2) is 0 Å². The summed E-state index contributed by atoms with van der Waals surface area (Å²) in [4.78, 5) is 0. The van der Waals surface area contributed by atoms with Crippen molar-refractivity contribution < 1.29 is 0 Å². The Labute approximate surface area is 112 Å². The Balaban J connectivity index is 3.32. The van der Waals surface area contributed by atoms with Crippen molar-refractivity contribution in [3.63, 3.8) is 0 Å². The van der Waals surface area contributed by atoms with Gasteiger partial charge in [0.1, 0.15) is 0 Å². The van der Waals surface area contributed by atoms with Crippen LogP contribution in [0, 0.1) is 6.92 Å². The Morgan fingerprint density at radius 1 is 1.22 bits per heavy atom. The molecule has 0 aliphatic rings. The summed E-state index contributed by atoms with van der Waals surface area (Å²) >= 11 is 0. The zero-order valence-electron chi connectivity index (χ0n) is 12.3. The summed E-state index contributed by atoms with van der Waals surface area (Å²) in [6, 6.07) is 4.51. The van der Waals surface area contributed by atoms with Crippen molar-refractivity contribution in [2.24, 2.45) is 0 Å². The smallest absolute Gasteiger partial charge is 0.0153 e. The van der Waals surface area contributed by atoms with E-state index in [4.69, 9.17) is 0 Å². The first-order chi connectivity index (χ1) is 8.69. The van der Waals surface area contributed by atoms with E-state index >= 15 is 0 Å². The van der Waals surface area contributed by atoms with Gasteiger partial charge in [-0.2, -0.15) is 0 Å². The number of allylic oxidation sites excluding steroid dienone is 3. The largest absolute Gasteiger partial charge is 0.0985 e. The molecule has 1 aromatic rings. The average Bonchev–Trinajstić information content (AvgIpc) is 2.39. The molecule has 0 unspecified atom stereocenters. The number of benzene rings is 1. The van der Waals surface area contributed by atoms with Gasteiger partial charge in [-0.1, -0.05) is 51.1 Å². The first-order valence-electron chi connectivity index (χ1n) is 7.09. The van der Waals surface area contributed by atoms with E-state index in [0.717, 1.165) is 6.42 Å². The Hall–Kier alpha value is -1.30. The fourth-order valence-corrected chi connectivity index (χ4v) is 2.57. The van der Waals surface area contributed by atoms with Crippen LogP contribution in [0.1, 0.15) is 55.9 Å². The fraction of sp³-hybridized carbons (Fsp3) is 0.444. The van der Waals surface area contributed by atoms with E-state index in [2.05, 4.69) is 52.5 Å². The summed E-state index contributed by atoms with van der Waals surface area (Å²) in [5, 5.41) is 0. The Kier molecular flexibility index (Phi) is 5.91. The molecular weight excluding hydrogens is 216 g/mol. The Bertz CT molecular complexity index is 436. The number of hydrogen-bond donors (Lipinski definition) is 0. The molecule has 0 aromatic heterocycles. The van der Waals surface area contributed by atoms with E-state index in [0.29, 0.717) is 0 Å². The molecule has 0 aliphatic heterocycles. The Morgan fingerprint density at radius 2 is 1.94 bits per heavy atom. The first kappa shape index (κ1) is 14.8. The highest BCUT2D eigenvalue weighted by Gasteiger charge is 2.10. The average molecular weight is 242 g/mol. The zero-order chi connectivity index (χ0) is 13.5. The molecule has 1 aromatic carbocycles. The van der Waals surface area contributed by atoms with Crippen LogP contribution in [0.15, 0.2) is 30.9 Å². The van der Waals surface area contributed by atoms with Crippen molar-refractivity contribution in [2.75, 3.05) is 0 Å². The lowest BCUT2D eigenvalue weighted by Crippen LogP contribution is -2.01. The highest BCUT2D eigenvalue weighted by atomic mass is 14.2. The van der Waals surface area contributed by atoms with Gasteiger partial charge in [0.25, 0.3) is 0 Å². The molecule has 1 rings (SSSR count). The predicted molar refractivity (Wildman–Crippen MR) is 83.0 cm³/mol. The van der Waals surface area contributed by atoms with E-state index in [1.807, 2.05) is 6.08 Å². The fourth-order valence-electron chi connectivity index (χ4n) is 2.57. The lowest BCUT2D eigenvalue weighted by atomic mass is 9.88. The van der Waals surface area contributed by atoms with Crippen LogP contribution in [0.3, 0.4) is 0 Å². The van der Waals surface area contributed by atoms with Gasteiger partial charge in [-0.15, -0.1) is 0 Å². The SMILES string of the molecule is C=C/C(=C\C)c1ccc(C)c(CCCC)c1CC. The zero-order valence-corrected chi connectivity index (χ0v) is 12.3. The minimum absolute atomic E-state index is 1.10. The van der Waals surface area contributed by atoms with Crippen LogP contribution < -0.4 is 0 Å². The maximum atomic E-state index is 3.93. The van der Waals surface area contributed by atoms with Gasteiger partial charge >= 0.3 is 0 Å². The third-order valence-electron chi connectivity index (χ3n) is 3.64. The summed E-state index contributed by atoms with van der Waals surface area (Å²) in [7, 11) is 0. The van der Waals surface area contributed by atoms with Crippen LogP contribution in [0.4, 0.5) is 0 Å². The summed E-state index contributed by atoms with van der Waals surface area (Å²) < 4.78 is 0. The molecule has 0 heterocycles. The molecule has 98 valence electrons. The molecule has 0 nitrogen and oxygen atoms in total. The van der Waals surface area contributed by atoms with Gasteiger partial charge in [0.2, 0.25) is 0 Å². The number of aryl methyl sites for hydroxylation is 1. The maximum absolute atomic E-state index is 3.93. The summed E-state index contributed by atoms with van der Waals surface area (Å²) in [6.07, 6.45) is 8.95. The van der Waals surface area contributed by atoms with Gasteiger partial charge in [-0.25, -0.2) is 0 Å². The second kappa shape index (κ2) is 7.20. The standard InChI is InChI=1S/C18H26/c1-6-10-11-17-14(5)12-13-18(16(17)9-4)15(7-2)8-3/h7-8,12-13H,2,6,9-11H2,1,3-5H3/b15-8+. The maximum Gasteiger partial charge on any atom is -0.0153 e. The minimum Gasteiger partial charge on any atom is -0.0985 e. The molecule has 0 N–H and O–H groups in total. The van der Waals surface area contributed by atoms with E-state index in [1.54, 1.807) is 5.56 Å². The van der Waals surface area contributed by atoms with Crippen molar-refractivity contribution in [3.8, 4) is 0 Å². The molecule has 0 saturated heterocycles. The molecule has 0 atom stereocenters. The molecule has 0 bridgehead atoms. The summed E-state index contributed by atoms with van der Waals surface area (Å²) in [6.45, 7) is 12.8. The van der Waals surface area contributed by atoms with Crippen LogP contribution in [0.5, 0.6) is 0 Å². The van der Waals surface area contributed by atoms with Crippen molar-refractivity contribution in [3.05, 3.63) is 53.1 Å². The molecule has 18 heavy (non-hydrogen) atoms. The highest BCUT2D eigenvalue weighted by Crippen LogP contribution is 2.27. The minimum atomic E-state index is 1.10. The molecule has 0 radical (unpaired) electrons. The van der Waals surface area contributed by atoms with Gasteiger partial charge in [-0.05, 0) is 60.9 Å². The van der Waals surface area contributed by atoms with E-state index in [9.17, 15) is 0 Å². The third-order valence-corrected chi connectivity index (χ3v) is 3.64. The molecule has 0 fully saturated rings. The van der Waals surface area contributed by atoms with Gasteiger partial charge < -0.3 is 0 Å². The highest BCUT2D eigenvalue weighted by molar-refractivity contribution is 5.76. The van der Waals surface area contributed by atoms with Crippen molar-refractivity contribution in [1.29, 1.82) is 0 Å². The van der Waals surface area contributed by atoms with Gasteiger partial charge in [0, 0.05) is 0 Å². The second-order valence-electron chi connectivity index (χ2n) is 4.79. The predicted octanol–water partition coefficient (Wildman–Crippen LogP) is 5.49. The van der Waals surface area contributed by atoms with Crippen LogP contribution in [0.25, 0.3) is 5.57 Å². The summed E-state index contributed by atoms with van der Waals surface area (Å²) in [5.41, 5.74) is 7.12. The molecular formula is C18H26. The topological polar surface area (TPSA) is 0 Å². The summed E-state index contributed by atoms with van der Waals surface area (Å²) in [5.74, 6) is 0. The van der Waals surface area contributed by atoms with E-state index < -0.39 is 0 Å². The molecule has 0 saturated carbocycles. The molecule has 0 amide bonds. The Morgan fingerprint density at radius 3 is 2.44 bits per heavy atom. The monoisotopic (exact) mass is 242 g/mol. The number of hydrogen-bond acceptors (Lipinski definition) is 0. The van der Waals surface area contributed by atoms with Gasteiger partial charge in [-0.3, -0.25) is 0 Å². The molecule has 0 spiro atoms. The van der Waals surface area contributed by atoms with Crippen LogP contribution >= 0.6 is 0 Å². The lowest BCUT2D eigenvalue weighted by molar-refractivity contribution is 0.782. The normalized spacial score (nSPS) is 11.7. The van der Waals surface area contributed by atoms with Crippen molar-refractivity contribution >= 4 is 5.57 Å². The molecule has 0 heteroatoms. The molecule has 0 aliphatic carbocycles. The first-order valence-corrected chi connectivity index (χ1v) is 7.09. The van der Waals surface area contributed by atoms with Gasteiger partial charge in [0.05, 0.1) is 0 Å². The van der Waals surface area contributed by atoms with Crippen molar-refractivity contribution in [1.82, 2.24) is 0 Å². The lowest BCUT2D eigenvalue weighted by Gasteiger charge is -2.17. The number of rotatable bonds is 6. The van der Waals surface area contributed by atoms with Crippen LogP contribution in [0.2, 0.25) is 0 Å². The van der Waals surface area contributed by atoms with Crippen LogP contribution in [-0.2, 0) is 12.8 Å². The van der Waals surface area contributed by atoms with Crippen molar-refractivity contribution in [2.45, 2.75) is 53.4 Å². The third kappa shape index (κ3) is 3.13.